The third kappa shape index (κ3) is 8.67. The molecule has 126 valence electrons. The van der Waals surface area contributed by atoms with Crippen LogP contribution in [-0.2, 0) is 0 Å². The van der Waals surface area contributed by atoms with Crippen LogP contribution in [0.15, 0.2) is 0 Å². The van der Waals surface area contributed by atoms with Gasteiger partial charge < -0.3 is 17.5 Å². The first-order valence-corrected chi connectivity index (χ1v) is 8.73. The number of rotatable bonds is 12. The first kappa shape index (κ1) is 20.7. The van der Waals surface area contributed by atoms with Crippen LogP contribution in [0.4, 0.5) is 0 Å². The lowest BCUT2D eigenvalue weighted by Gasteiger charge is -2.05. The van der Waals surface area contributed by atoms with Crippen molar-refractivity contribution in [3.05, 3.63) is 0 Å². The van der Waals surface area contributed by atoms with Gasteiger partial charge in [-0.25, -0.2) is 0 Å². The van der Waals surface area contributed by atoms with Crippen molar-refractivity contribution in [1.82, 2.24) is 5.32 Å². The Morgan fingerprint density at radius 3 is 2.19 bits per heavy atom. The van der Waals surface area contributed by atoms with Crippen molar-refractivity contribution < 1.29 is 22.1 Å². The lowest BCUT2D eigenvalue weighted by molar-refractivity contribution is -0.529. The number of nitrogens with one attached hydrogen (secondary N) is 1. The van der Waals surface area contributed by atoms with Gasteiger partial charge in [0.2, 0.25) is 5.84 Å². The molecule has 4 heteroatoms. The van der Waals surface area contributed by atoms with Gasteiger partial charge in [-0.2, -0.15) is 0 Å². The van der Waals surface area contributed by atoms with E-state index >= 15 is 0 Å². The summed E-state index contributed by atoms with van der Waals surface area (Å²) in [5, 5.41) is 12.5. The fraction of sp³-hybridized carbons (Fsp3) is 0.941. The second kappa shape index (κ2) is 13.4. The number of unbranched alkanes of at least 4 members (excludes halogenated alkanes) is 8. The largest absolute Gasteiger partial charge is 1.00 e. The fourth-order valence-corrected chi connectivity index (χ4v) is 3.03. The number of likely N-dealkylation sites (N-methyl/N-ethyl adjacent to an activating group) is 1. The van der Waals surface area contributed by atoms with Gasteiger partial charge >= 0.3 is 0 Å². The van der Waals surface area contributed by atoms with Crippen LogP contribution in [0.3, 0.4) is 0 Å². The number of hydrogen-bond acceptors (Lipinski definition) is 2. The number of halogens is 1. The Labute approximate surface area is 137 Å². The van der Waals surface area contributed by atoms with Gasteiger partial charge in [-0.15, -0.1) is 0 Å². The van der Waals surface area contributed by atoms with Crippen LogP contribution in [0.5, 0.6) is 0 Å². The predicted octanol–water partition coefficient (Wildman–Crippen LogP) is 0.306. The molecule has 1 aliphatic heterocycles. The zero-order chi connectivity index (χ0) is 14.6. The molecule has 1 rings (SSSR count). The standard InChI is InChI=1S/C17H34N2O.ClH/c1-3-4-5-6-7-8-9-10-11-12-17-18-15-16(13-14-20)19(17)2;/h16,20H,3-15H2,1-2H3;1H. The average Bonchev–Trinajstić information content (AvgIpc) is 2.79. The summed E-state index contributed by atoms with van der Waals surface area (Å²) in [7, 11) is 2.16. The molecule has 1 unspecified atom stereocenters. The summed E-state index contributed by atoms with van der Waals surface area (Å²) in [5.41, 5.74) is 0. The fourth-order valence-electron chi connectivity index (χ4n) is 3.03. The second-order valence-corrected chi connectivity index (χ2v) is 6.18. The lowest BCUT2D eigenvalue weighted by atomic mass is 10.1. The van der Waals surface area contributed by atoms with Gasteiger partial charge in [-0.3, -0.25) is 9.89 Å². The Balaban J connectivity index is 0.00000400. The van der Waals surface area contributed by atoms with Crippen molar-refractivity contribution in [3.8, 4) is 0 Å². The molecule has 0 aromatic heterocycles. The van der Waals surface area contributed by atoms with Crippen molar-refractivity contribution in [2.24, 2.45) is 0 Å². The Morgan fingerprint density at radius 2 is 1.62 bits per heavy atom. The highest BCUT2D eigenvalue weighted by Gasteiger charge is 2.27. The summed E-state index contributed by atoms with van der Waals surface area (Å²) in [6.45, 7) is 3.57. The van der Waals surface area contributed by atoms with Crippen molar-refractivity contribution in [1.29, 1.82) is 0 Å². The minimum absolute atomic E-state index is 0. The van der Waals surface area contributed by atoms with Gasteiger partial charge in [0.05, 0.1) is 7.05 Å². The van der Waals surface area contributed by atoms with Gasteiger partial charge in [0.15, 0.2) is 0 Å². The van der Waals surface area contributed by atoms with E-state index in [0.717, 1.165) is 13.0 Å². The molecule has 0 bridgehead atoms. The van der Waals surface area contributed by atoms with Crippen LogP contribution < -0.4 is 17.7 Å². The molecule has 0 aliphatic carbocycles. The van der Waals surface area contributed by atoms with E-state index in [9.17, 15) is 0 Å². The maximum Gasteiger partial charge on any atom is 0.244 e. The zero-order valence-corrected chi connectivity index (χ0v) is 14.8. The third-order valence-corrected chi connectivity index (χ3v) is 4.49. The first-order chi connectivity index (χ1) is 9.79. The summed E-state index contributed by atoms with van der Waals surface area (Å²) in [6.07, 6.45) is 14.5. The zero-order valence-electron chi connectivity index (χ0n) is 14.0. The van der Waals surface area contributed by atoms with E-state index in [1.807, 2.05) is 0 Å². The molecule has 1 atom stereocenters. The van der Waals surface area contributed by atoms with E-state index in [1.165, 1.54) is 70.0 Å². The van der Waals surface area contributed by atoms with Gasteiger partial charge in [0.25, 0.3) is 0 Å². The van der Waals surface area contributed by atoms with Crippen molar-refractivity contribution in [2.75, 3.05) is 20.2 Å². The Kier molecular flexibility index (Phi) is 13.2. The molecule has 0 spiro atoms. The minimum atomic E-state index is 0. The quantitative estimate of drug-likeness (QED) is 0.401. The Morgan fingerprint density at radius 1 is 1.05 bits per heavy atom. The summed E-state index contributed by atoms with van der Waals surface area (Å²) >= 11 is 0. The molecular formula is C17H35ClN2O. The molecule has 0 amide bonds. The maximum absolute atomic E-state index is 9.02. The van der Waals surface area contributed by atoms with Gasteiger partial charge in [0.1, 0.15) is 12.6 Å². The van der Waals surface area contributed by atoms with E-state index in [1.54, 1.807) is 0 Å². The highest BCUT2D eigenvalue weighted by molar-refractivity contribution is 5.78. The van der Waals surface area contributed by atoms with Gasteiger partial charge in [-0.05, 0) is 6.42 Å². The number of aliphatic hydroxyl groups is 1. The van der Waals surface area contributed by atoms with Crippen LogP contribution >= 0.6 is 0 Å². The van der Waals surface area contributed by atoms with Crippen molar-refractivity contribution >= 4 is 5.84 Å². The Bertz CT molecular complexity index is 282. The summed E-state index contributed by atoms with van der Waals surface area (Å²) in [4.78, 5) is 0. The van der Waals surface area contributed by atoms with Crippen LogP contribution in [0, 0.1) is 0 Å². The highest BCUT2D eigenvalue weighted by Crippen LogP contribution is 2.12. The SMILES string of the molecule is CCCCCCCCCCCC1=[N+](C)C(CCO)CN1.[Cl-]. The Hall–Kier alpha value is -0.280. The predicted molar refractivity (Wildman–Crippen MR) is 86.5 cm³/mol. The van der Waals surface area contributed by atoms with E-state index in [2.05, 4.69) is 23.9 Å². The van der Waals surface area contributed by atoms with E-state index in [-0.39, 0.29) is 12.4 Å². The molecule has 0 saturated carbocycles. The average molecular weight is 319 g/mol. The minimum Gasteiger partial charge on any atom is -1.00 e. The molecule has 1 aliphatic rings. The number of aliphatic hydroxyl groups excluding tert-OH is 1. The summed E-state index contributed by atoms with van der Waals surface area (Å²) < 4.78 is 2.33. The monoisotopic (exact) mass is 318 g/mol. The number of amidine groups is 1. The third-order valence-electron chi connectivity index (χ3n) is 4.49. The normalized spacial score (nSPS) is 17.8. The smallest absolute Gasteiger partial charge is 0.244 e. The summed E-state index contributed by atoms with van der Waals surface area (Å²) in [6, 6.07) is 0.494. The molecule has 21 heavy (non-hydrogen) atoms. The number of hydrogen-bond donors (Lipinski definition) is 2. The van der Waals surface area contributed by atoms with Gasteiger partial charge in [0, 0.05) is 19.4 Å². The van der Waals surface area contributed by atoms with Gasteiger partial charge in [-0.1, -0.05) is 58.3 Å². The molecular weight excluding hydrogens is 284 g/mol. The molecule has 0 radical (unpaired) electrons. The molecule has 0 aromatic carbocycles. The van der Waals surface area contributed by atoms with Crippen molar-refractivity contribution in [2.45, 2.75) is 83.6 Å². The molecule has 0 aromatic rings. The van der Waals surface area contributed by atoms with Crippen LogP contribution in [0.2, 0.25) is 0 Å². The second-order valence-electron chi connectivity index (χ2n) is 6.18. The molecule has 3 nitrogen and oxygen atoms in total. The molecule has 0 fully saturated rings. The molecule has 0 saturated heterocycles. The summed E-state index contributed by atoms with van der Waals surface area (Å²) in [5.74, 6) is 1.38. The number of nitrogens with zero attached hydrogens (tertiary/aromatic N) is 1. The molecule has 1 heterocycles. The van der Waals surface area contributed by atoms with E-state index < -0.39 is 0 Å². The van der Waals surface area contributed by atoms with E-state index in [4.69, 9.17) is 5.11 Å². The highest BCUT2D eigenvalue weighted by atomic mass is 35.5. The van der Waals surface area contributed by atoms with Crippen LogP contribution in [0.25, 0.3) is 0 Å². The van der Waals surface area contributed by atoms with Crippen LogP contribution in [0.1, 0.15) is 77.6 Å². The maximum atomic E-state index is 9.02. The lowest BCUT2D eigenvalue weighted by Crippen LogP contribution is -3.00. The van der Waals surface area contributed by atoms with Crippen molar-refractivity contribution in [3.63, 3.8) is 0 Å². The molecule has 2 N–H and O–H groups in total. The van der Waals surface area contributed by atoms with Crippen LogP contribution in [-0.4, -0.2) is 41.8 Å². The van der Waals surface area contributed by atoms with E-state index in [0.29, 0.717) is 12.6 Å². The first-order valence-electron chi connectivity index (χ1n) is 8.73. The topological polar surface area (TPSA) is 35.3 Å².